The Labute approximate surface area is 274 Å². The van der Waals surface area contributed by atoms with Crippen molar-refractivity contribution < 1.29 is 19.4 Å². The molecule has 0 saturated heterocycles. The molecule has 1 N–H and O–H groups in total. The van der Waals surface area contributed by atoms with Crippen LogP contribution >= 0.6 is 46.3 Å². The van der Waals surface area contributed by atoms with Gasteiger partial charge in [-0.2, -0.15) is 0 Å². The van der Waals surface area contributed by atoms with E-state index in [1.54, 1.807) is 30.3 Å². The van der Waals surface area contributed by atoms with Gasteiger partial charge in [-0.25, -0.2) is 0 Å². The summed E-state index contributed by atoms with van der Waals surface area (Å²) in [6.07, 6.45) is 6.06. The van der Waals surface area contributed by atoms with E-state index in [9.17, 15) is 14.7 Å². The summed E-state index contributed by atoms with van der Waals surface area (Å²) >= 11 is 14.9. The van der Waals surface area contributed by atoms with Crippen molar-refractivity contribution in [2.24, 2.45) is 0 Å². The topological polar surface area (TPSA) is 92.6 Å². The standard InChI is InChI=1S/C33H29Cl2N3O4S2/c1-2-3-7-17-42-25-12-8-11-22(18-25)29-28(27(39)16-13-21-9-5-4-6-10-21)30(40)31(41)38(29)32-36-37-33(44-32)43-20-23-14-15-24(34)19-26(23)35/h4-6,8-16,18-19,29,40H,2-3,7,17,20H2,1H3. The summed E-state index contributed by atoms with van der Waals surface area (Å²) < 4.78 is 6.56. The summed E-state index contributed by atoms with van der Waals surface area (Å²) in [7, 11) is 0. The molecule has 44 heavy (non-hydrogen) atoms. The summed E-state index contributed by atoms with van der Waals surface area (Å²) in [5.41, 5.74) is 2.25. The SMILES string of the molecule is CCCCCOc1cccc(C2C(C(=O)C=Cc3ccccc3)=C(O)C(=O)N2c2nnc(SCc3ccc(Cl)cc3Cl)s2)c1. The molecule has 2 heterocycles. The van der Waals surface area contributed by atoms with Crippen LogP contribution in [0, 0.1) is 0 Å². The van der Waals surface area contributed by atoms with Crippen molar-refractivity contribution in [1.29, 1.82) is 0 Å². The number of aliphatic hydroxyl groups excluding tert-OH is 1. The Morgan fingerprint density at radius 1 is 1.07 bits per heavy atom. The number of ketones is 1. The minimum atomic E-state index is -0.939. The maximum Gasteiger partial charge on any atom is 0.296 e. The number of carbonyl (C=O) groups is 2. The highest BCUT2D eigenvalue weighted by Gasteiger charge is 2.45. The molecule has 11 heteroatoms. The maximum absolute atomic E-state index is 13.6. The number of amides is 1. The van der Waals surface area contributed by atoms with Crippen LogP contribution in [0.4, 0.5) is 5.13 Å². The summed E-state index contributed by atoms with van der Waals surface area (Å²) in [5, 5.41) is 21.0. The lowest BCUT2D eigenvalue weighted by Gasteiger charge is -2.24. The molecule has 1 aromatic heterocycles. The number of ether oxygens (including phenoxy) is 1. The second-order valence-electron chi connectivity index (χ2n) is 9.95. The highest BCUT2D eigenvalue weighted by atomic mass is 35.5. The third kappa shape index (κ3) is 7.53. The molecule has 226 valence electrons. The van der Waals surface area contributed by atoms with Crippen LogP contribution in [-0.2, 0) is 15.3 Å². The molecule has 1 aliphatic rings. The number of benzene rings is 3. The van der Waals surface area contributed by atoms with E-state index in [4.69, 9.17) is 27.9 Å². The molecule has 5 rings (SSSR count). The van der Waals surface area contributed by atoms with Gasteiger partial charge in [0.05, 0.1) is 18.2 Å². The van der Waals surface area contributed by atoms with Crippen LogP contribution in [0.1, 0.15) is 48.9 Å². The zero-order valence-electron chi connectivity index (χ0n) is 23.8. The van der Waals surface area contributed by atoms with Crippen molar-refractivity contribution in [2.75, 3.05) is 11.5 Å². The van der Waals surface area contributed by atoms with Gasteiger partial charge in [-0.1, -0.05) is 121 Å². The first-order valence-electron chi connectivity index (χ1n) is 14.0. The van der Waals surface area contributed by atoms with E-state index in [0.717, 1.165) is 30.4 Å². The van der Waals surface area contributed by atoms with Gasteiger partial charge in [0.25, 0.3) is 5.91 Å². The lowest BCUT2D eigenvalue weighted by molar-refractivity contribution is -0.117. The van der Waals surface area contributed by atoms with Crippen LogP contribution in [0.5, 0.6) is 5.75 Å². The van der Waals surface area contributed by atoms with Gasteiger partial charge in [-0.05, 0) is 53.5 Å². The van der Waals surface area contributed by atoms with Crippen LogP contribution in [0.25, 0.3) is 6.08 Å². The fourth-order valence-electron chi connectivity index (χ4n) is 4.65. The second-order valence-corrected chi connectivity index (χ2v) is 13.0. The minimum Gasteiger partial charge on any atom is -0.503 e. The van der Waals surface area contributed by atoms with Crippen LogP contribution in [0.15, 0.2) is 94.5 Å². The monoisotopic (exact) mass is 665 g/mol. The van der Waals surface area contributed by atoms with Gasteiger partial charge < -0.3 is 9.84 Å². The van der Waals surface area contributed by atoms with Gasteiger partial charge in [0.15, 0.2) is 15.9 Å². The number of aliphatic hydroxyl groups is 1. The number of unbranched alkanes of at least 4 members (excludes halogenated alkanes) is 2. The smallest absolute Gasteiger partial charge is 0.296 e. The Morgan fingerprint density at radius 2 is 1.89 bits per heavy atom. The van der Waals surface area contributed by atoms with E-state index in [1.807, 2.05) is 48.5 Å². The zero-order valence-corrected chi connectivity index (χ0v) is 26.9. The number of anilines is 1. The summed E-state index contributed by atoms with van der Waals surface area (Å²) in [6, 6.07) is 20.9. The second kappa shape index (κ2) is 14.9. The molecule has 0 aliphatic carbocycles. The molecule has 1 unspecified atom stereocenters. The van der Waals surface area contributed by atoms with Gasteiger partial charge >= 0.3 is 0 Å². The number of rotatable bonds is 13. The first kappa shape index (κ1) is 31.8. The van der Waals surface area contributed by atoms with Crippen molar-refractivity contribution in [2.45, 2.75) is 42.3 Å². The largest absolute Gasteiger partial charge is 0.503 e. The van der Waals surface area contributed by atoms with Gasteiger partial charge in [-0.3, -0.25) is 14.5 Å². The molecule has 0 saturated carbocycles. The first-order chi connectivity index (χ1) is 21.4. The Balaban J connectivity index is 1.45. The van der Waals surface area contributed by atoms with Crippen LogP contribution in [-0.4, -0.2) is 33.6 Å². The van der Waals surface area contributed by atoms with Gasteiger partial charge in [0.1, 0.15) is 5.75 Å². The summed E-state index contributed by atoms with van der Waals surface area (Å²) in [6.45, 7) is 2.67. The highest BCUT2D eigenvalue weighted by Crippen LogP contribution is 2.44. The molecule has 0 fully saturated rings. The predicted molar refractivity (Wildman–Crippen MR) is 178 cm³/mol. The molecule has 4 aromatic rings. The maximum atomic E-state index is 13.6. The normalized spacial score (nSPS) is 15.0. The average Bonchev–Trinajstić information content (AvgIpc) is 3.60. The number of halogens is 2. The molecule has 7 nitrogen and oxygen atoms in total. The van der Waals surface area contributed by atoms with E-state index in [0.29, 0.717) is 38.1 Å². The Morgan fingerprint density at radius 3 is 2.66 bits per heavy atom. The summed E-state index contributed by atoms with van der Waals surface area (Å²) in [4.78, 5) is 28.5. The lowest BCUT2D eigenvalue weighted by atomic mass is 9.95. The molecule has 1 aliphatic heterocycles. The number of thioether (sulfide) groups is 1. The highest BCUT2D eigenvalue weighted by molar-refractivity contribution is 8.00. The first-order valence-corrected chi connectivity index (χ1v) is 16.6. The fourth-order valence-corrected chi connectivity index (χ4v) is 7.07. The van der Waals surface area contributed by atoms with Crippen molar-refractivity contribution in [1.82, 2.24) is 10.2 Å². The Kier molecular flexibility index (Phi) is 10.8. The molecule has 0 bridgehead atoms. The number of hydrogen-bond donors (Lipinski definition) is 1. The quantitative estimate of drug-likeness (QED) is 0.0660. The van der Waals surface area contributed by atoms with E-state index < -0.39 is 23.5 Å². The molecular formula is C33H29Cl2N3O4S2. The summed E-state index contributed by atoms with van der Waals surface area (Å²) in [5.74, 6) is -0.717. The van der Waals surface area contributed by atoms with Gasteiger partial charge in [0, 0.05) is 15.8 Å². The van der Waals surface area contributed by atoms with Crippen molar-refractivity contribution in [3.8, 4) is 5.75 Å². The number of allylic oxidation sites excluding steroid dienone is 1. The zero-order chi connectivity index (χ0) is 31.1. The van der Waals surface area contributed by atoms with Crippen molar-refractivity contribution in [3.63, 3.8) is 0 Å². The number of nitrogens with zero attached hydrogens (tertiary/aromatic N) is 3. The van der Waals surface area contributed by atoms with E-state index in [-0.39, 0.29) is 10.7 Å². The molecular weight excluding hydrogens is 637 g/mol. The van der Waals surface area contributed by atoms with E-state index in [1.165, 1.54) is 34.1 Å². The third-order valence-electron chi connectivity index (χ3n) is 6.86. The predicted octanol–water partition coefficient (Wildman–Crippen LogP) is 8.89. The van der Waals surface area contributed by atoms with E-state index >= 15 is 0 Å². The van der Waals surface area contributed by atoms with Crippen molar-refractivity contribution in [3.05, 3.63) is 117 Å². The average molecular weight is 667 g/mol. The fraction of sp³-hybridized carbons (Fsp3) is 0.212. The molecule has 3 aromatic carbocycles. The number of carbonyl (C=O) groups excluding carboxylic acids is 2. The number of aromatic nitrogens is 2. The number of hydrogen-bond acceptors (Lipinski definition) is 8. The molecule has 1 atom stereocenters. The Bertz CT molecular complexity index is 1710. The van der Waals surface area contributed by atoms with Gasteiger partial charge in [0.2, 0.25) is 5.13 Å². The third-order valence-corrected chi connectivity index (χ3v) is 9.55. The van der Waals surface area contributed by atoms with Crippen LogP contribution in [0.3, 0.4) is 0 Å². The molecule has 0 radical (unpaired) electrons. The van der Waals surface area contributed by atoms with Gasteiger partial charge in [-0.15, -0.1) is 10.2 Å². The lowest BCUT2D eigenvalue weighted by Crippen LogP contribution is -2.30. The van der Waals surface area contributed by atoms with Crippen molar-refractivity contribution >= 4 is 69.2 Å². The molecule has 0 spiro atoms. The van der Waals surface area contributed by atoms with Crippen LogP contribution < -0.4 is 9.64 Å². The van der Waals surface area contributed by atoms with E-state index in [2.05, 4.69) is 17.1 Å². The molecule has 1 amide bonds. The van der Waals surface area contributed by atoms with Crippen LogP contribution in [0.2, 0.25) is 10.0 Å². The minimum absolute atomic E-state index is 0.0392. The Hall–Kier alpha value is -3.63.